The van der Waals surface area contributed by atoms with Crippen LogP contribution < -0.4 is 32.2 Å². The lowest BCUT2D eigenvalue weighted by Crippen LogP contribution is -3.00. The van der Waals surface area contributed by atoms with Gasteiger partial charge in [0.05, 0.1) is 11.4 Å². The van der Waals surface area contributed by atoms with Crippen LogP contribution in [0, 0.1) is 0 Å². The van der Waals surface area contributed by atoms with Crippen LogP contribution in [0.2, 0.25) is 0 Å². The molecule has 0 saturated heterocycles. The van der Waals surface area contributed by atoms with Gasteiger partial charge in [-0.3, -0.25) is 4.90 Å². The van der Waals surface area contributed by atoms with Crippen molar-refractivity contribution in [1.82, 2.24) is 0 Å². The van der Waals surface area contributed by atoms with Crippen LogP contribution in [0.5, 0.6) is 0 Å². The number of pyridine rings is 1. The van der Waals surface area contributed by atoms with Gasteiger partial charge < -0.3 is 22.7 Å². The van der Waals surface area contributed by atoms with Crippen LogP contribution in [0.15, 0.2) is 48.5 Å². The fraction of sp³-hybridized carbons (Fsp3) is 0.381. The molecule has 25 heavy (non-hydrogen) atoms. The van der Waals surface area contributed by atoms with Gasteiger partial charge in [-0.2, -0.15) is 0 Å². The molecule has 2 fully saturated rings. The number of benzene rings is 2. The quantitative estimate of drug-likeness (QED) is 0.475. The van der Waals surface area contributed by atoms with Crippen LogP contribution in [0.1, 0.15) is 25.7 Å². The van der Waals surface area contributed by atoms with E-state index in [1.165, 1.54) is 59.7 Å². The molecule has 2 N–H and O–H groups in total. The van der Waals surface area contributed by atoms with E-state index in [-0.39, 0.29) is 17.0 Å². The summed E-state index contributed by atoms with van der Waals surface area (Å²) < 4.78 is 2.52. The molecule has 3 aliphatic rings. The second-order valence-corrected chi connectivity index (χ2v) is 7.30. The number of anilines is 1. The summed E-state index contributed by atoms with van der Waals surface area (Å²) in [6, 6.07) is 19.1. The first kappa shape index (κ1) is 16.8. The molecule has 2 aromatic carbocycles. The van der Waals surface area contributed by atoms with E-state index in [0.29, 0.717) is 6.04 Å². The summed E-state index contributed by atoms with van der Waals surface area (Å²) in [6.07, 6.45) is 5.25. The molecule has 1 aromatic heterocycles. The number of nitrogens with two attached hydrogens (primary N) is 1. The highest BCUT2D eigenvalue weighted by atomic mass is 79.9. The monoisotopic (exact) mass is 397 g/mol. The summed E-state index contributed by atoms with van der Waals surface area (Å²) in [5.74, 6) is 1.45. The number of nitrogens with zero attached hydrogens (tertiary/aromatic N) is 2. The van der Waals surface area contributed by atoms with E-state index in [4.69, 9.17) is 5.73 Å². The summed E-state index contributed by atoms with van der Waals surface area (Å²) in [5.41, 5.74) is 6.60. The van der Waals surface area contributed by atoms with E-state index in [9.17, 15) is 0 Å². The molecular weight excluding hydrogens is 374 g/mol. The van der Waals surface area contributed by atoms with E-state index >= 15 is 0 Å². The maximum absolute atomic E-state index is 5.22. The normalized spacial score (nSPS) is 18.5. The summed E-state index contributed by atoms with van der Waals surface area (Å²) in [4.78, 5) is 2.63. The fourth-order valence-electron chi connectivity index (χ4n) is 3.80. The lowest BCUT2D eigenvalue weighted by atomic mass is 10.1. The molecule has 0 radical (unpaired) electrons. The van der Waals surface area contributed by atoms with Gasteiger partial charge in [0.25, 0.3) is 5.82 Å². The Balaban J connectivity index is 0.000000279. The van der Waals surface area contributed by atoms with Crippen molar-refractivity contribution in [1.29, 1.82) is 0 Å². The Labute approximate surface area is 159 Å². The van der Waals surface area contributed by atoms with Crippen LogP contribution in [0.25, 0.3) is 21.7 Å². The number of aromatic nitrogens is 1. The van der Waals surface area contributed by atoms with E-state index in [1.54, 1.807) is 0 Å². The van der Waals surface area contributed by atoms with Gasteiger partial charge in [0.2, 0.25) is 0 Å². The number of hydrogen-bond acceptors (Lipinski definition) is 2. The van der Waals surface area contributed by atoms with Gasteiger partial charge in [0, 0.05) is 16.8 Å². The van der Waals surface area contributed by atoms with Gasteiger partial charge in [-0.1, -0.05) is 36.4 Å². The molecule has 0 bridgehead atoms. The minimum atomic E-state index is 0. The molecule has 3 nitrogen and oxygen atoms in total. The average molecular weight is 398 g/mol. The largest absolute Gasteiger partial charge is 1.00 e. The molecule has 0 amide bonds. The summed E-state index contributed by atoms with van der Waals surface area (Å²) >= 11 is 0. The van der Waals surface area contributed by atoms with Crippen molar-refractivity contribution in [3.8, 4) is 0 Å². The van der Waals surface area contributed by atoms with E-state index in [2.05, 4.69) is 58.0 Å². The van der Waals surface area contributed by atoms with E-state index < -0.39 is 0 Å². The lowest BCUT2D eigenvalue weighted by Gasteiger charge is -2.13. The second kappa shape index (κ2) is 6.58. The summed E-state index contributed by atoms with van der Waals surface area (Å²) in [5, 5.41) is 4.18. The van der Waals surface area contributed by atoms with Crippen LogP contribution in [-0.4, -0.2) is 18.6 Å². The first-order valence-electron chi connectivity index (χ1n) is 9.18. The number of halogens is 1. The van der Waals surface area contributed by atoms with Crippen molar-refractivity contribution < 1.29 is 21.5 Å². The molecule has 0 unspecified atom stereocenters. The minimum absolute atomic E-state index is 0. The van der Waals surface area contributed by atoms with Gasteiger partial charge >= 0.3 is 0 Å². The van der Waals surface area contributed by atoms with Crippen molar-refractivity contribution in [2.75, 3.05) is 11.4 Å². The van der Waals surface area contributed by atoms with E-state index in [1.807, 2.05) is 0 Å². The maximum atomic E-state index is 5.22. The second-order valence-electron chi connectivity index (χ2n) is 7.30. The number of hydrogen-bond donors (Lipinski definition) is 1. The van der Waals surface area contributed by atoms with Crippen LogP contribution >= 0.6 is 0 Å². The van der Waals surface area contributed by atoms with Crippen LogP contribution in [-0.2, 0) is 6.54 Å². The molecule has 0 atom stereocenters. The third-order valence-corrected chi connectivity index (χ3v) is 5.35. The highest BCUT2D eigenvalue weighted by Gasteiger charge is 2.42. The van der Waals surface area contributed by atoms with Crippen molar-refractivity contribution in [3.63, 3.8) is 0 Å². The maximum Gasteiger partial charge on any atom is 0.285 e. The zero-order valence-electron chi connectivity index (χ0n) is 14.4. The standard InChI is InChI=1S/C18H17N2.C3H7N.BrH/c1-2-7-16-14(5-1)15-6-3-4-8-17(15)20-12-11-19(18(16)20)13-9-10-13;4-3-1-2-3;/h1-8,13H,9-12H2;3H,1-2,4H2;1H/q+1;;/p-1. The first-order valence-corrected chi connectivity index (χ1v) is 9.18. The molecule has 2 aliphatic carbocycles. The molecule has 4 heteroatoms. The number of fused-ring (bicyclic) bond motifs is 6. The zero-order chi connectivity index (χ0) is 16.1. The van der Waals surface area contributed by atoms with Crippen molar-refractivity contribution >= 4 is 27.5 Å². The molecule has 6 rings (SSSR count). The Morgan fingerprint density at radius 3 is 2.08 bits per heavy atom. The summed E-state index contributed by atoms with van der Waals surface area (Å²) in [7, 11) is 0. The van der Waals surface area contributed by atoms with Gasteiger partial charge in [-0.25, -0.2) is 4.57 Å². The highest BCUT2D eigenvalue weighted by Crippen LogP contribution is 2.38. The van der Waals surface area contributed by atoms with Crippen molar-refractivity contribution in [2.45, 2.75) is 44.3 Å². The van der Waals surface area contributed by atoms with Gasteiger partial charge in [0.1, 0.15) is 18.6 Å². The fourth-order valence-corrected chi connectivity index (χ4v) is 3.80. The van der Waals surface area contributed by atoms with Gasteiger partial charge in [-0.15, -0.1) is 0 Å². The zero-order valence-corrected chi connectivity index (χ0v) is 16.0. The Kier molecular flexibility index (Phi) is 4.42. The molecular formula is C21H24BrN3. The van der Waals surface area contributed by atoms with Crippen molar-refractivity contribution in [3.05, 3.63) is 48.5 Å². The number of rotatable bonds is 1. The minimum Gasteiger partial charge on any atom is -1.00 e. The summed E-state index contributed by atoms with van der Waals surface area (Å²) in [6.45, 7) is 2.29. The number of para-hydroxylation sites is 1. The Morgan fingerprint density at radius 1 is 0.840 bits per heavy atom. The molecule has 2 heterocycles. The average Bonchev–Trinajstić information content (AvgIpc) is 3.56. The predicted octanol–water partition coefficient (Wildman–Crippen LogP) is 0.374. The van der Waals surface area contributed by atoms with Gasteiger partial charge in [0.15, 0.2) is 0 Å². The molecule has 130 valence electrons. The van der Waals surface area contributed by atoms with Crippen molar-refractivity contribution in [2.24, 2.45) is 5.73 Å². The molecule has 3 aromatic rings. The Bertz CT molecular complexity index is 916. The third-order valence-electron chi connectivity index (χ3n) is 5.35. The lowest BCUT2D eigenvalue weighted by molar-refractivity contribution is -0.643. The topological polar surface area (TPSA) is 33.1 Å². The SMILES string of the molecule is NC1CC1.[Br-].c1ccc2c(c1)c1[n+](c3ccccc23)CCN1C1CC1. The third kappa shape index (κ3) is 3.02. The molecule has 0 spiro atoms. The van der Waals surface area contributed by atoms with Gasteiger partial charge in [-0.05, 0) is 37.8 Å². The molecule has 1 aliphatic heterocycles. The smallest absolute Gasteiger partial charge is 0.285 e. The van der Waals surface area contributed by atoms with Crippen LogP contribution in [0.3, 0.4) is 0 Å². The Hall–Kier alpha value is -1.65. The van der Waals surface area contributed by atoms with Crippen LogP contribution in [0.4, 0.5) is 5.82 Å². The van der Waals surface area contributed by atoms with E-state index in [0.717, 1.165) is 12.6 Å². The first-order chi connectivity index (χ1) is 11.8. The highest BCUT2D eigenvalue weighted by molar-refractivity contribution is 6.08. The predicted molar refractivity (Wildman–Crippen MR) is 99.2 cm³/mol. The molecule has 2 saturated carbocycles. The Morgan fingerprint density at radius 2 is 1.44 bits per heavy atom.